The molecule has 22 heavy (non-hydrogen) atoms. The predicted molar refractivity (Wildman–Crippen MR) is 88.1 cm³/mol. The Balaban J connectivity index is 0.000000133. The molecule has 6 heteroatoms. The Labute approximate surface area is 135 Å². The van der Waals surface area contributed by atoms with Crippen molar-refractivity contribution in [2.24, 2.45) is 0 Å². The summed E-state index contributed by atoms with van der Waals surface area (Å²) in [6.07, 6.45) is 7.15. The first kappa shape index (κ1) is 14.5. The summed E-state index contributed by atoms with van der Waals surface area (Å²) in [5.41, 5.74) is 2.80. The van der Waals surface area contributed by atoms with E-state index in [1.54, 1.807) is 36.1 Å². The lowest BCUT2D eigenvalue weighted by Gasteiger charge is -1.95. The molecule has 0 bridgehead atoms. The van der Waals surface area contributed by atoms with Gasteiger partial charge in [-0.05, 0) is 59.3 Å². The topological polar surface area (TPSA) is 51.7 Å². The number of ketones is 1. The molecule has 110 valence electrons. The SMILES string of the molecule is Brc1ccc2ccnn2c1.CC(=O)c1ccc2ccnn2c1. The molecule has 0 saturated heterocycles. The van der Waals surface area contributed by atoms with Crippen LogP contribution in [-0.2, 0) is 0 Å². The molecule has 4 heterocycles. The summed E-state index contributed by atoms with van der Waals surface area (Å²) in [6, 6.07) is 11.5. The minimum atomic E-state index is 0.0624. The number of Topliss-reactive ketones (excluding diaryl/α,β-unsaturated/α-hetero) is 1. The van der Waals surface area contributed by atoms with E-state index < -0.39 is 0 Å². The van der Waals surface area contributed by atoms with E-state index in [2.05, 4.69) is 26.1 Å². The highest BCUT2D eigenvalue weighted by Crippen LogP contribution is 2.10. The van der Waals surface area contributed by atoms with Crippen molar-refractivity contribution in [3.05, 3.63) is 71.2 Å². The summed E-state index contributed by atoms with van der Waals surface area (Å²) in [4.78, 5) is 11.0. The van der Waals surface area contributed by atoms with E-state index in [0.717, 1.165) is 15.5 Å². The normalized spacial score (nSPS) is 10.5. The number of nitrogens with zero attached hydrogens (tertiary/aromatic N) is 4. The van der Waals surface area contributed by atoms with Gasteiger partial charge in [0.15, 0.2) is 5.78 Å². The molecule has 0 aliphatic rings. The highest BCUT2D eigenvalue weighted by molar-refractivity contribution is 9.10. The number of rotatable bonds is 1. The lowest BCUT2D eigenvalue weighted by molar-refractivity contribution is 0.101. The minimum Gasteiger partial charge on any atom is -0.294 e. The Hall–Kier alpha value is -2.47. The van der Waals surface area contributed by atoms with Gasteiger partial charge in [-0.25, -0.2) is 9.03 Å². The van der Waals surface area contributed by atoms with E-state index in [4.69, 9.17) is 0 Å². The zero-order valence-corrected chi connectivity index (χ0v) is 13.4. The van der Waals surface area contributed by atoms with Crippen LogP contribution in [0.15, 0.2) is 65.7 Å². The van der Waals surface area contributed by atoms with Crippen LogP contribution in [0.5, 0.6) is 0 Å². The Morgan fingerprint density at radius 2 is 1.50 bits per heavy atom. The summed E-state index contributed by atoms with van der Waals surface area (Å²) in [6.45, 7) is 1.55. The molecule has 0 aliphatic heterocycles. The van der Waals surface area contributed by atoms with Crippen molar-refractivity contribution in [3.8, 4) is 0 Å². The number of hydrogen-bond acceptors (Lipinski definition) is 3. The number of aromatic nitrogens is 4. The van der Waals surface area contributed by atoms with E-state index in [-0.39, 0.29) is 5.78 Å². The fourth-order valence-electron chi connectivity index (χ4n) is 2.01. The van der Waals surface area contributed by atoms with E-state index in [9.17, 15) is 4.79 Å². The average molecular weight is 357 g/mol. The van der Waals surface area contributed by atoms with Crippen molar-refractivity contribution in [1.82, 2.24) is 19.2 Å². The van der Waals surface area contributed by atoms with Crippen LogP contribution in [0, 0.1) is 0 Å². The van der Waals surface area contributed by atoms with Gasteiger partial charge in [0.1, 0.15) is 0 Å². The van der Waals surface area contributed by atoms with E-state index in [1.807, 2.05) is 41.0 Å². The summed E-state index contributed by atoms with van der Waals surface area (Å²) in [5.74, 6) is 0.0624. The molecule has 0 radical (unpaired) electrons. The van der Waals surface area contributed by atoms with Crippen LogP contribution in [-0.4, -0.2) is 25.0 Å². The van der Waals surface area contributed by atoms with Gasteiger partial charge in [0, 0.05) is 34.8 Å². The third-order valence-electron chi connectivity index (χ3n) is 3.16. The number of hydrogen-bond donors (Lipinski definition) is 0. The highest BCUT2D eigenvalue weighted by Gasteiger charge is 1.99. The number of fused-ring (bicyclic) bond motifs is 2. The molecule has 0 saturated carbocycles. The molecule has 4 aromatic heterocycles. The minimum absolute atomic E-state index is 0.0624. The van der Waals surface area contributed by atoms with Crippen molar-refractivity contribution in [2.75, 3.05) is 0 Å². The number of carbonyl (C=O) groups is 1. The zero-order chi connectivity index (χ0) is 15.5. The molecule has 0 fully saturated rings. The van der Waals surface area contributed by atoms with Gasteiger partial charge < -0.3 is 0 Å². The summed E-state index contributed by atoms with van der Waals surface area (Å²) >= 11 is 3.36. The first-order valence-electron chi connectivity index (χ1n) is 6.67. The smallest absolute Gasteiger partial charge is 0.161 e. The van der Waals surface area contributed by atoms with Gasteiger partial charge in [-0.3, -0.25) is 4.79 Å². The number of carbonyl (C=O) groups excluding carboxylic acids is 1. The van der Waals surface area contributed by atoms with Gasteiger partial charge >= 0.3 is 0 Å². The maximum Gasteiger partial charge on any atom is 0.161 e. The van der Waals surface area contributed by atoms with Gasteiger partial charge in [-0.1, -0.05) is 0 Å². The Morgan fingerprint density at radius 3 is 2.14 bits per heavy atom. The number of pyridine rings is 2. The molecule has 0 spiro atoms. The third kappa shape index (κ3) is 3.07. The highest BCUT2D eigenvalue weighted by atomic mass is 79.9. The summed E-state index contributed by atoms with van der Waals surface area (Å²) in [5, 5.41) is 8.09. The van der Waals surface area contributed by atoms with Crippen LogP contribution in [0.25, 0.3) is 11.0 Å². The van der Waals surface area contributed by atoms with Gasteiger partial charge in [0.25, 0.3) is 0 Å². The zero-order valence-electron chi connectivity index (χ0n) is 11.8. The van der Waals surface area contributed by atoms with Crippen molar-refractivity contribution < 1.29 is 4.79 Å². The summed E-state index contributed by atoms with van der Waals surface area (Å²) < 4.78 is 4.56. The monoisotopic (exact) mass is 356 g/mol. The Bertz CT molecular complexity index is 941. The van der Waals surface area contributed by atoms with Crippen molar-refractivity contribution in [3.63, 3.8) is 0 Å². The Kier molecular flexibility index (Phi) is 4.02. The lowest BCUT2D eigenvalue weighted by atomic mass is 10.2. The quantitative estimate of drug-likeness (QED) is 0.489. The van der Waals surface area contributed by atoms with Gasteiger partial charge in [-0.15, -0.1) is 0 Å². The fraction of sp³-hybridized carbons (Fsp3) is 0.0625. The van der Waals surface area contributed by atoms with Crippen LogP contribution >= 0.6 is 15.9 Å². The molecule has 0 unspecified atom stereocenters. The molecule has 4 rings (SSSR count). The van der Waals surface area contributed by atoms with Crippen molar-refractivity contribution >= 4 is 32.7 Å². The largest absolute Gasteiger partial charge is 0.294 e. The van der Waals surface area contributed by atoms with Crippen molar-refractivity contribution in [1.29, 1.82) is 0 Å². The van der Waals surface area contributed by atoms with Gasteiger partial charge in [0.2, 0.25) is 0 Å². The predicted octanol–water partition coefficient (Wildman–Crippen LogP) is 3.63. The van der Waals surface area contributed by atoms with Crippen LogP contribution < -0.4 is 0 Å². The average Bonchev–Trinajstić information content (AvgIpc) is 3.14. The van der Waals surface area contributed by atoms with E-state index >= 15 is 0 Å². The van der Waals surface area contributed by atoms with Crippen LogP contribution in [0.3, 0.4) is 0 Å². The molecule has 0 amide bonds. The second-order valence-corrected chi connectivity index (χ2v) is 5.64. The maximum absolute atomic E-state index is 11.0. The molecule has 0 aromatic carbocycles. The molecule has 4 aromatic rings. The standard InChI is InChI=1S/C9H8N2O.C7H5BrN2/c1-7(12)8-2-3-9-4-5-10-11(9)6-8;8-6-1-2-7-3-4-9-10(7)5-6/h2-6H,1H3;1-5H. The first-order valence-corrected chi connectivity index (χ1v) is 7.46. The molecular formula is C16H13BrN4O. The van der Waals surface area contributed by atoms with E-state index in [1.165, 1.54) is 0 Å². The van der Waals surface area contributed by atoms with Crippen LogP contribution in [0.1, 0.15) is 17.3 Å². The molecule has 0 aliphatic carbocycles. The number of halogens is 1. The molecule has 0 N–H and O–H groups in total. The van der Waals surface area contributed by atoms with Crippen LogP contribution in [0.2, 0.25) is 0 Å². The Morgan fingerprint density at radius 1 is 0.909 bits per heavy atom. The second-order valence-electron chi connectivity index (χ2n) is 4.72. The van der Waals surface area contributed by atoms with Crippen molar-refractivity contribution in [2.45, 2.75) is 6.92 Å². The lowest BCUT2D eigenvalue weighted by Crippen LogP contribution is -1.95. The van der Waals surface area contributed by atoms with Gasteiger partial charge in [0.05, 0.1) is 11.0 Å². The summed E-state index contributed by atoms with van der Waals surface area (Å²) in [7, 11) is 0. The van der Waals surface area contributed by atoms with Gasteiger partial charge in [-0.2, -0.15) is 10.2 Å². The molecular weight excluding hydrogens is 344 g/mol. The second kappa shape index (κ2) is 6.11. The van der Waals surface area contributed by atoms with Crippen LogP contribution in [0.4, 0.5) is 0 Å². The first-order chi connectivity index (χ1) is 10.6. The molecule has 5 nitrogen and oxygen atoms in total. The third-order valence-corrected chi connectivity index (χ3v) is 3.63. The molecule has 0 atom stereocenters. The van der Waals surface area contributed by atoms with E-state index in [0.29, 0.717) is 5.56 Å². The maximum atomic E-state index is 11.0. The fourth-order valence-corrected chi connectivity index (χ4v) is 2.34.